The molecule has 0 fully saturated rings. The molecular weight excluding hydrogens is 346 g/mol. The molecule has 0 bridgehead atoms. The minimum atomic E-state index is -0.982. The van der Waals surface area contributed by atoms with Crippen LogP contribution in [-0.2, 0) is 4.79 Å². The van der Waals surface area contributed by atoms with E-state index in [1.165, 1.54) is 6.20 Å². The zero-order valence-electron chi connectivity index (χ0n) is 15.5. The number of nitrogens with one attached hydrogen (secondary N) is 2. The highest BCUT2D eigenvalue weighted by Gasteiger charge is 2.33. The number of hydrogen-bond acceptors (Lipinski definition) is 4. The molecule has 0 saturated carbocycles. The molecule has 1 unspecified atom stereocenters. The Morgan fingerprint density at radius 1 is 1.11 bits per heavy atom. The van der Waals surface area contributed by atoms with E-state index in [4.69, 9.17) is 5.11 Å². The van der Waals surface area contributed by atoms with E-state index in [2.05, 4.69) is 15.6 Å². The van der Waals surface area contributed by atoms with E-state index < -0.39 is 17.4 Å². The Morgan fingerprint density at radius 2 is 1.81 bits per heavy atom. The first-order valence-corrected chi connectivity index (χ1v) is 8.57. The van der Waals surface area contributed by atoms with Crippen LogP contribution in [0.1, 0.15) is 47.9 Å². The average molecular weight is 369 g/mol. The third-order valence-corrected chi connectivity index (χ3v) is 4.50. The Morgan fingerprint density at radius 3 is 2.41 bits per heavy atom. The van der Waals surface area contributed by atoms with Gasteiger partial charge in [0, 0.05) is 23.6 Å². The van der Waals surface area contributed by atoms with E-state index in [0.29, 0.717) is 16.8 Å². The number of carbonyl (C=O) groups excluding carboxylic acids is 2. The molecule has 0 aliphatic rings. The second kappa shape index (κ2) is 8.44. The van der Waals surface area contributed by atoms with Gasteiger partial charge in [-0.05, 0) is 43.2 Å². The van der Waals surface area contributed by atoms with Crippen molar-refractivity contribution in [1.82, 2.24) is 10.3 Å². The van der Waals surface area contributed by atoms with Crippen molar-refractivity contribution in [1.29, 1.82) is 0 Å². The third-order valence-electron chi connectivity index (χ3n) is 4.50. The predicted molar refractivity (Wildman–Crippen MR) is 102 cm³/mol. The Balaban J connectivity index is 2.15. The van der Waals surface area contributed by atoms with Crippen molar-refractivity contribution in [3.05, 3.63) is 59.9 Å². The van der Waals surface area contributed by atoms with Gasteiger partial charge in [-0.1, -0.05) is 19.9 Å². The minimum absolute atomic E-state index is 0.0778. The fourth-order valence-electron chi connectivity index (χ4n) is 2.48. The summed E-state index contributed by atoms with van der Waals surface area (Å²) < 4.78 is 0. The Labute approximate surface area is 157 Å². The first-order chi connectivity index (χ1) is 12.7. The molecule has 27 heavy (non-hydrogen) atoms. The lowest BCUT2D eigenvalue weighted by Gasteiger charge is -2.33. The molecule has 1 heterocycles. The second-order valence-corrected chi connectivity index (χ2v) is 6.87. The molecule has 0 saturated heterocycles. The van der Waals surface area contributed by atoms with Crippen LogP contribution in [0, 0.1) is 5.92 Å². The first kappa shape index (κ1) is 20.1. The maximum Gasteiger partial charge on any atom is 0.305 e. The summed E-state index contributed by atoms with van der Waals surface area (Å²) in [6, 6.07) is 9.77. The SMILES string of the molecule is CC(C)C(C)(CC(=O)O)NC(=O)c1cccc(NC(=O)c2cccnc2)c1. The quantitative estimate of drug-likeness (QED) is 0.695. The predicted octanol–water partition coefficient (Wildman–Crippen LogP) is 2.95. The van der Waals surface area contributed by atoms with Crippen LogP contribution in [0.3, 0.4) is 0 Å². The minimum Gasteiger partial charge on any atom is -0.481 e. The number of benzene rings is 1. The van der Waals surface area contributed by atoms with Gasteiger partial charge in [0.15, 0.2) is 0 Å². The molecule has 2 amide bonds. The molecule has 1 aromatic carbocycles. The molecule has 0 radical (unpaired) electrons. The van der Waals surface area contributed by atoms with Gasteiger partial charge in [0.25, 0.3) is 11.8 Å². The number of anilines is 1. The second-order valence-electron chi connectivity index (χ2n) is 6.87. The molecule has 142 valence electrons. The van der Waals surface area contributed by atoms with Crippen molar-refractivity contribution in [3.8, 4) is 0 Å². The number of pyridine rings is 1. The van der Waals surface area contributed by atoms with Crippen molar-refractivity contribution in [2.24, 2.45) is 5.92 Å². The molecule has 2 aromatic rings. The van der Waals surface area contributed by atoms with Crippen LogP contribution in [-0.4, -0.2) is 33.4 Å². The van der Waals surface area contributed by atoms with Gasteiger partial charge in [-0.15, -0.1) is 0 Å². The van der Waals surface area contributed by atoms with Crippen LogP contribution >= 0.6 is 0 Å². The van der Waals surface area contributed by atoms with Crippen LogP contribution in [0.25, 0.3) is 0 Å². The first-order valence-electron chi connectivity index (χ1n) is 8.57. The molecule has 3 N–H and O–H groups in total. The standard InChI is InChI=1S/C20H23N3O4/c1-13(2)20(3,11-17(24)25)23-19(27)14-6-4-8-16(10-14)22-18(26)15-7-5-9-21-12-15/h4-10,12-13H,11H2,1-3H3,(H,22,26)(H,23,27)(H,24,25). The van der Waals surface area contributed by atoms with Crippen LogP contribution < -0.4 is 10.6 Å². The summed E-state index contributed by atoms with van der Waals surface area (Å²) in [7, 11) is 0. The maximum absolute atomic E-state index is 12.6. The summed E-state index contributed by atoms with van der Waals surface area (Å²) in [4.78, 5) is 39.9. The summed E-state index contributed by atoms with van der Waals surface area (Å²) in [5.74, 6) is -1.79. The molecule has 1 atom stereocenters. The van der Waals surface area contributed by atoms with Crippen LogP contribution in [0.5, 0.6) is 0 Å². The summed E-state index contributed by atoms with van der Waals surface area (Å²) in [6.07, 6.45) is 2.84. The number of carboxylic acids is 1. The normalized spacial score (nSPS) is 12.9. The summed E-state index contributed by atoms with van der Waals surface area (Å²) in [5, 5.41) is 14.7. The number of aromatic nitrogens is 1. The van der Waals surface area contributed by atoms with E-state index in [1.807, 2.05) is 13.8 Å². The molecule has 2 rings (SSSR count). The highest BCUT2D eigenvalue weighted by atomic mass is 16.4. The molecule has 7 heteroatoms. The molecule has 7 nitrogen and oxygen atoms in total. The Hall–Kier alpha value is -3.22. The molecule has 0 aliphatic heterocycles. The van der Waals surface area contributed by atoms with E-state index in [-0.39, 0.29) is 18.2 Å². The lowest BCUT2D eigenvalue weighted by atomic mass is 9.85. The molecule has 0 aliphatic carbocycles. The summed E-state index contributed by atoms with van der Waals surface area (Å²) in [6.45, 7) is 5.42. The van der Waals surface area contributed by atoms with Crippen molar-refractivity contribution < 1.29 is 19.5 Å². The maximum atomic E-state index is 12.6. The number of carbonyl (C=O) groups is 3. The van der Waals surface area contributed by atoms with E-state index in [9.17, 15) is 14.4 Å². The number of nitrogens with zero attached hydrogens (tertiary/aromatic N) is 1. The van der Waals surface area contributed by atoms with Gasteiger partial charge in [-0.25, -0.2) is 0 Å². The monoisotopic (exact) mass is 369 g/mol. The fourth-order valence-corrected chi connectivity index (χ4v) is 2.48. The van der Waals surface area contributed by atoms with Gasteiger partial charge in [-0.2, -0.15) is 0 Å². The van der Waals surface area contributed by atoms with Crippen LogP contribution in [0.2, 0.25) is 0 Å². The van der Waals surface area contributed by atoms with Gasteiger partial charge in [-0.3, -0.25) is 19.4 Å². The van der Waals surface area contributed by atoms with Crippen molar-refractivity contribution in [2.75, 3.05) is 5.32 Å². The number of aliphatic carboxylic acids is 1. The van der Waals surface area contributed by atoms with Crippen LogP contribution in [0.4, 0.5) is 5.69 Å². The Kier molecular flexibility index (Phi) is 6.28. The number of amides is 2. The fraction of sp³-hybridized carbons (Fsp3) is 0.300. The zero-order valence-corrected chi connectivity index (χ0v) is 15.5. The highest BCUT2D eigenvalue weighted by Crippen LogP contribution is 2.22. The van der Waals surface area contributed by atoms with Crippen molar-refractivity contribution in [3.63, 3.8) is 0 Å². The van der Waals surface area contributed by atoms with Crippen molar-refractivity contribution in [2.45, 2.75) is 32.7 Å². The molecule has 1 aromatic heterocycles. The van der Waals surface area contributed by atoms with E-state index in [0.717, 1.165) is 0 Å². The summed E-state index contributed by atoms with van der Waals surface area (Å²) >= 11 is 0. The van der Waals surface area contributed by atoms with E-state index >= 15 is 0 Å². The van der Waals surface area contributed by atoms with Gasteiger partial charge in [0.2, 0.25) is 0 Å². The number of carboxylic acid groups (broad SMARTS) is 1. The highest BCUT2D eigenvalue weighted by molar-refractivity contribution is 6.05. The summed E-state index contributed by atoms with van der Waals surface area (Å²) in [5.41, 5.74) is 0.302. The van der Waals surface area contributed by atoms with Crippen LogP contribution in [0.15, 0.2) is 48.8 Å². The number of hydrogen-bond donors (Lipinski definition) is 3. The molecule has 0 spiro atoms. The zero-order chi connectivity index (χ0) is 20.0. The topological polar surface area (TPSA) is 108 Å². The average Bonchev–Trinajstić information content (AvgIpc) is 2.61. The number of rotatable bonds is 7. The van der Waals surface area contributed by atoms with E-state index in [1.54, 1.807) is 49.5 Å². The van der Waals surface area contributed by atoms with Gasteiger partial charge < -0.3 is 15.7 Å². The third kappa shape index (κ3) is 5.37. The Bertz CT molecular complexity index is 836. The lowest BCUT2D eigenvalue weighted by Crippen LogP contribution is -2.51. The van der Waals surface area contributed by atoms with Crippen molar-refractivity contribution >= 4 is 23.5 Å². The molecular formula is C20H23N3O4. The largest absolute Gasteiger partial charge is 0.481 e. The van der Waals surface area contributed by atoms with Gasteiger partial charge in [0.1, 0.15) is 0 Å². The van der Waals surface area contributed by atoms with Gasteiger partial charge in [0.05, 0.1) is 17.5 Å². The van der Waals surface area contributed by atoms with Gasteiger partial charge >= 0.3 is 5.97 Å². The smallest absolute Gasteiger partial charge is 0.305 e. The lowest BCUT2D eigenvalue weighted by molar-refractivity contribution is -0.138.